The minimum atomic E-state index is -0.994. The molecule has 1 atom stereocenters. The van der Waals surface area contributed by atoms with E-state index in [1.165, 1.54) is 0 Å². The van der Waals surface area contributed by atoms with Crippen molar-refractivity contribution in [2.45, 2.75) is 39.7 Å². The fourth-order valence-electron chi connectivity index (χ4n) is 2.41. The van der Waals surface area contributed by atoms with Crippen molar-refractivity contribution < 1.29 is 14.7 Å². The van der Waals surface area contributed by atoms with Gasteiger partial charge in [-0.05, 0) is 51.0 Å². The third-order valence-electron chi connectivity index (χ3n) is 3.62. The number of carboxylic acid groups (broad SMARTS) is 1. The Morgan fingerprint density at radius 3 is 2.41 bits per heavy atom. The first-order valence-corrected chi connectivity index (χ1v) is 7.52. The van der Waals surface area contributed by atoms with E-state index in [4.69, 9.17) is 5.73 Å². The molecular formula is C16H25N3O3. The van der Waals surface area contributed by atoms with Gasteiger partial charge in [-0.1, -0.05) is 0 Å². The third-order valence-corrected chi connectivity index (χ3v) is 3.62. The molecule has 0 radical (unpaired) electrons. The molecule has 0 heterocycles. The van der Waals surface area contributed by atoms with E-state index < -0.39 is 17.9 Å². The molecule has 0 aromatic heterocycles. The normalized spacial score (nSPS) is 11.8. The number of carbonyl (C=O) groups excluding carboxylic acids is 1. The number of aliphatic carboxylic acids is 1. The average molecular weight is 307 g/mol. The Labute approximate surface area is 131 Å². The quantitative estimate of drug-likeness (QED) is 0.648. The molecule has 1 aromatic carbocycles. The molecule has 0 aliphatic rings. The minimum Gasteiger partial charge on any atom is -0.480 e. The second kappa shape index (κ2) is 8.26. The lowest BCUT2D eigenvalue weighted by Crippen LogP contribution is -2.31. The van der Waals surface area contributed by atoms with Crippen LogP contribution in [0.3, 0.4) is 0 Å². The van der Waals surface area contributed by atoms with E-state index in [1.54, 1.807) is 0 Å². The first kappa shape index (κ1) is 17.8. The first-order valence-electron chi connectivity index (χ1n) is 7.52. The Morgan fingerprint density at radius 1 is 1.32 bits per heavy atom. The molecule has 0 fully saturated rings. The standard InChI is InChI=1S/C16H25N3O3/c1-4-19(5-2)14-8-6-12(10-11(14)3)18-13(16(21)22)7-9-15(17)20/h6,8,10,13,18H,4-5,7,9H2,1-3H3,(H2,17,20)(H,21,22)/t13-/m0/s1. The Morgan fingerprint density at radius 2 is 1.95 bits per heavy atom. The summed E-state index contributed by atoms with van der Waals surface area (Å²) in [5, 5.41) is 12.2. The number of nitrogens with one attached hydrogen (secondary N) is 1. The van der Waals surface area contributed by atoms with E-state index in [9.17, 15) is 14.7 Å². The van der Waals surface area contributed by atoms with Crippen molar-refractivity contribution in [3.8, 4) is 0 Å². The molecule has 122 valence electrons. The molecule has 0 saturated carbocycles. The Kier molecular flexibility index (Phi) is 6.69. The maximum atomic E-state index is 11.2. The van der Waals surface area contributed by atoms with E-state index in [0.29, 0.717) is 0 Å². The van der Waals surface area contributed by atoms with Gasteiger partial charge in [0.05, 0.1) is 0 Å². The Bertz CT molecular complexity index is 527. The zero-order valence-corrected chi connectivity index (χ0v) is 13.4. The number of carboxylic acids is 1. The molecule has 4 N–H and O–H groups in total. The molecule has 1 aromatic rings. The summed E-state index contributed by atoms with van der Waals surface area (Å²) in [5.41, 5.74) is 8.02. The van der Waals surface area contributed by atoms with Gasteiger partial charge in [-0.15, -0.1) is 0 Å². The number of hydrogen-bond donors (Lipinski definition) is 3. The fraction of sp³-hybridized carbons (Fsp3) is 0.500. The molecule has 1 rings (SSSR count). The van der Waals surface area contributed by atoms with Crippen molar-refractivity contribution in [2.24, 2.45) is 5.73 Å². The van der Waals surface area contributed by atoms with Gasteiger partial charge in [0.25, 0.3) is 0 Å². The van der Waals surface area contributed by atoms with Crippen LogP contribution in [-0.2, 0) is 9.59 Å². The average Bonchev–Trinajstić information content (AvgIpc) is 2.46. The van der Waals surface area contributed by atoms with Gasteiger partial charge in [0, 0.05) is 30.9 Å². The van der Waals surface area contributed by atoms with Gasteiger partial charge in [0.15, 0.2) is 0 Å². The van der Waals surface area contributed by atoms with Crippen molar-refractivity contribution in [1.82, 2.24) is 0 Å². The van der Waals surface area contributed by atoms with Gasteiger partial charge in [0.2, 0.25) is 5.91 Å². The van der Waals surface area contributed by atoms with E-state index >= 15 is 0 Å². The van der Waals surface area contributed by atoms with Crippen LogP contribution < -0.4 is 16.0 Å². The SMILES string of the molecule is CCN(CC)c1ccc(N[C@@H](CCC(N)=O)C(=O)O)cc1C. The van der Waals surface area contributed by atoms with Gasteiger partial charge in [-0.2, -0.15) is 0 Å². The fourth-order valence-corrected chi connectivity index (χ4v) is 2.41. The summed E-state index contributed by atoms with van der Waals surface area (Å²) in [6, 6.07) is 4.94. The van der Waals surface area contributed by atoms with Gasteiger partial charge in [-0.25, -0.2) is 4.79 Å². The lowest BCUT2D eigenvalue weighted by Gasteiger charge is -2.24. The predicted octanol–water partition coefficient (Wildman–Crippen LogP) is 1.97. The summed E-state index contributed by atoms with van der Waals surface area (Å²) in [7, 11) is 0. The number of nitrogens with two attached hydrogens (primary N) is 1. The highest BCUT2D eigenvalue weighted by molar-refractivity contribution is 5.80. The topological polar surface area (TPSA) is 95.7 Å². The van der Waals surface area contributed by atoms with Gasteiger partial charge >= 0.3 is 5.97 Å². The zero-order chi connectivity index (χ0) is 16.7. The largest absolute Gasteiger partial charge is 0.480 e. The highest BCUT2D eigenvalue weighted by Crippen LogP contribution is 2.24. The smallest absolute Gasteiger partial charge is 0.326 e. The second-order valence-corrected chi connectivity index (χ2v) is 5.21. The van der Waals surface area contributed by atoms with Crippen LogP contribution in [0.25, 0.3) is 0 Å². The molecule has 0 aliphatic carbocycles. The van der Waals surface area contributed by atoms with Crippen LogP contribution in [0.5, 0.6) is 0 Å². The lowest BCUT2D eigenvalue weighted by atomic mass is 10.1. The van der Waals surface area contributed by atoms with Crippen LogP contribution in [0, 0.1) is 6.92 Å². The molecule has 6 heteroatoms. The molecule has 0 bridgehead atoms. The van der Waals surface area contributed by atoms with Crippen LogP contribution >= 0.6 is 0 Å². The van der Waals surface area contributed by atoms with E-state index in [0.717, 1.165) is 30.0 Å². The first-order chi connectivity index (χ1) is 10.4. The molecule has 0 unspecified atom stereocenters. The number of aryl methyl sites for hydroxylation is 1. The van der Waals surface area contributed by atoms with Gasteiger partial charge < -0.3 is 21.1 Å². The molecular weight excluding hydrogens is 282 g/mol. The number of anilines is 2. The van der Waals surface area contributed by atoms with Crippen molar-refractivity contribution in [1.29, 1.82) is 0 Å². The monoisotopic (exact) mass is 307 g/mol. The van der Waals surface area contributed by atoms with Crippen LogP contribution in [-0.4, -0.2) is 36.1 Å². The van der Waals surface area contributed by atoms with Crippen molar-refractivity contribution in [3.05, 3.63) is 23.8 Å². The third kappa shape index (κ3) is 4.95. The zero-order valence-electron chi connectivity index (χ0n) is 13.4. The molecule has 0 aliphatic heterocycles. The van der Waals surface area contributed by atoms with E-state index in [-0.39, 0.29) is 12.8 Å². The highest BCUT2D eigenvalue weighted by atomic mass is 16.4. The van der Waals surface area contributed by atoms with Crippen molar-refractivity contribution in [3.63, 3.8) is 0 Å². The summed E-state index contributed by atoms with van der Waals surface area (Å²) in [6.07, 6.45) is 0.210. The summed E-state index contributed by atoms with van der Waals surface area (Å²) in [5.74, 6) is -1.49. The summed E-state index contributed by atoms with van der Waals surface area (Å²) >= 11 is 0. The van der Waals surface area contributed by atoms with Crippen LogP contribution in [0.15, 0.2) is 18.2 Å². The van der Waals surface area contributed by atoms with Crippen LogP contribution in [0.2, 0.25) is 0 Å². The predicted molar refractivity (Wildman–Crippen MR) is 88.2 cm³/mol. The maximum Gasteiger partial charge on any atom is 0.326 e. The highest BCUT2D eigenvalue weighted by Gasteiger charge is 2.18. The number of primary amides is 1. The molecule has 0 saturated heterocycles. The van der Waals surface area contributed by atoms with Gasteiger partial charge in [-0.3, -0.25) is 4.79 Å². The molecule has 6 nitrogen and oxygen atoms in total. The van der Waals surface area contributed by atoms with Gasteiger partial charge in [0.1, 0.15) is 6.04 Å². The van der Waals surface area contributed by atoms with Crippen LogP contribution in [0.1, 0.15) is 32.3 Å². The summed E-state index contributed by atoms with van der Waals surface area (Å²) in [4.78, 5) is 24.3. The Hall–Kier alpha value is -2.24. The number of hydrogen-bond acceptors (Lipinski definition) is 4. The minimum absolute atomic E-state index is 0.0421. The summed E-state index contributed by atoms with van der Waals surface area (Å²) in [6.45, 7) is 8.03. The maximum absolute atomic E-state index is 11.2. The number of benzene rings is 1. The molecule has 22 heavy (non-hydrogen) atoms. The Balaban J connectivity index is 2.86. The van der Waals surface area contributed by atoms with Crippen LogP contribution in [0.4, 0.5) is 11.4 Å². The van der Waals surface area contributed by atoms with Crippen molar-refractivity contribution in [2.75, 3.05) is 23.3 Å². The molecule has 0 spiro atoms. The lowest BCUT2D eigenvalue weighted by molar-refractivity contribution is -0.138. The number of rotatable bonds is 9. The van der Waals surface area contributed by atoms with E-state index in [1.807, 2.05) is 25.1 Å². The number of nitrogens with zero attached hydrogens (tertiary/aromatic N) is 1. The van der Waals surface area contributed by atoms with E-state index in [2.05, 4.69) is 24.1 Å². The van der Waals surface area contributed by atoms with Crippen molar-refractivity contribution >= 4 is 23.3 Å². The molecule has 1 amide bonds. The summed E-state index contributed by atoms with van der Waals surface area (Å²) < 4.78 is 0. The second-order valence-electron chi connectivity index (χ2n) is 5.21. The number of amides is 1. The number of carbonyl (C=O) groups is 2.